The van der Waals surface area contributed by atoms with Crippen molar-refractivity contribution in [2.45, 2.75) is 44.9 Å². The highest BCUT2D eigenvalue weighted by atomic mass is 16.5. The van der Waals surface area contributed by atoms with E-state index < -0.39 is 5.97 Å². The van der Waals surface area contributed by atoms with Gasteiger partial charge in [0.15, 0.2) is 11.5 Å². The number of hydrogen-bond donors (Lipinski definition) is 2. The molecule has 1 atom stereocenters. The maximum absolute atomic E-state index is 11.7. The number of carbonyl (C=O) groups is 2. The molecule has 0 aliphatic heterocycles. The van der Waals surface area contributed by atoms with Crippen LogP contribution < -0.4 is 14.8 Å². The molecule has 0 fully saturated rings. The fourth-order valence-corrected chi connectivity index (χ4v) is 2.55. The Morgan fingerprint density at radius 2 is 1.88 bits per heavy atom. The number of methoxy groups -OCH3 is 2. The zero-order valence-corrected chi connectivity index (χ0v) is 14.6. The molecule has 6 nitrogen and oxygen atoms in total. The highest BCUT2D eigenvalue weighted by Gasteiger charge is 2.16. The van der Waals surface area contributed by atoms with Gasteiger partial charge in [-0.25, -0.2) is 0 Å². The Kier molecular flexibility index (Phi) is 8.68. The Balaban J connectivity index is 2.85. The number of hydrogen-bond acceptors (Lipinski definition) is 4. The van der Waals surface area contributed by atoms with E-state index in [1.165, 1.54) is 0 Å². The second-order valence-corrected chi connectivity index (χ2v) is 5.65. The summed E-state index contributed by atoms with van der Waals surface area (Å²) >= 11 is 0. The van der Waals surface area contributed by atoms with Gasteiger partial charge in [0, 0.05) is 25.3 Å². The molecule has 0 saturated heterocycles. The van der Waals surface area contributed by atoms with Crippen LogP contribution in [0.5, 0.6) is 11.5 Å². The Hall–Kier alpha value is -2.24. The van der Waals surface area contributed by atoms with Gasteiger partial charge in [-0.05, 0) is 37.0 Å². The fraction of sp³-hybridized carbons (Fsp3) is 0.556. The van der Waals surface area contributed by atoms with E-state index in [0.29, 0.717) is 37.3 Å². The van der Waals surface area contributed by atoms with E-state index >= 15 is 0 Å². The van der Waals surface area contributed by atoms with Crippen molar-refractivity contribution in [3.05, 3.63) is 23.8 Å². The Morgan fingerprint density at radius 1 is 1.17 bits per heavy atom. The molecular weight excluding hydrogens is 310 g/mol. The minimum absolute atomic E-state index is 0.0150. The number of carboxylic acid groups (broad SMARTS) is 1. The SMILES string of the molecule is CCCC(=O)NC[C@@H](CCCC(=O)O)c1ccc(OC)c(OC)c1. The molecule has 0 aliphatic rings. The lowest BCUT2D eigenvalue weighted by Gasteiger charge is -2.19. The highest BCUT2D eigenvalue weighted by Crippen LogP contribution is 2.32. The number of carbonyl (C=O) groups excluding carboxylic acids is 1. The van der Waals surface area contributed by atoms with Gasteiger partial charge < -0.3 is 19.9 Å². The summed E-state index contributed by atoms with van der Waals surface area (Å²) in [5, 5.41) is 11.8. The lowest BCUT2D eigenvalue weighted by molar-refractivity contribution is -0.137. The number of amides is 1. The highest BCUT2D eigenvalue weighted by molar-refractivity contribution is 5.75. The molecule has 0 aliphatic carbocycles. The first-order valence-corrected chi connectivity index (χ1v) is 8.22. The van der Waals surface area contributed by atoms with Gasteiger partial charge in [-0.2, -0.15) is 0 Å². The molecule has 0 spiro atoms. The van der Waals surface area contributed by atoms with Crippen LogP contribution in [0.2, 0.25) is 0 Å². The Labute approximate surface area is 143 Å². The standard InChI is InChI=1S/C18H27NO5/c1-4-6-17(20)19-12-14(7-5-8-18(21)22)13-9-10-15(23-2)16(11-13)24-3/h9-11,14H,4-8,12H2,1-3H3,(H,19,20)(H,21,22)/t14-/m1/s1. The van der Waals surface area contributed by atoms with Crippen molar-refractivity contribution in [2.24, 2.45) is 0 Å². The van der Waals surface area contributed by atoms with Crippen molar-refractivity contribution >= 4 is 11.9 Å². The van der Waals surface area contributed by atoms with Crippen LogP contribution in [0.15, 0.2) is 18.2 Å². The van der Waals surface area contributed by atoms with Crippen molar-refractivity contribution in [3.8, 4) is 11.5 Å². The number of carboxylic acids is 1. The van der Waals surface area contributed by atoms with Crippen molar-refractivity contribution in [1.82, 2.24) is 5.32 Å². The maximum atomic E-state index is 11.7. The summed E-state index contributed by atoms with van der Waals surface area (Å²) in [6.07, 6.45) is 2.64. The molecule has 1 rings (SSSR count). The Morgan fingerprint density at radius 3 is 2.46 bits per heavy atom. The van der Waals surface area contributed by atoms with Crippen molar-refractivity contribution in [1.29, 1.82) is 0 Å². The van der Waals surface area contributed by atoms with Crippen LogP contribution in [0.4, 0.5) is 0 Å². The quantitative estimate of drug-likeness (QED) is 0.648. The molecule has 0 bridgehead atoms. The van der Waals surface area contributed by atoms with Crippen LogP contribution >= 0.6 is 0 Å². The van der Waals surface area contributed by atoms with Gasteiger partial charge in [0.1, 0.15) is 0 Å². The molecule has 0 unspecified atom stereocenters. The van der Waals surface area contributed by atoms with Gasteiger partial charge in [-0.3, -0.25) is 9.59 Å². The topological polar surface area (TPSA) is 84.9 Å². The molecule has 1 aromatic carbocycles. The first-order valence-electron chi connectivity index (χ1n) is 8.22. The van der Waals surface area contributed by atoms with E-state index in [1.54, 1.807) is 14.2 Å². The summed E-state index contributed by atoms with van der Waals surface area (Å²) in [5.74, 6) is 0.501. The normalized spacial score (nSPS) is 11.6. The monoisotopic (exact) mass is 337 g/mol. The molecule has 134 valence electrons. The number of rotatable bonds is 11. The van der Waals surface area contributed by atoms with Gasteiger partial charge in [-0.15, -0.1) is 0 Å². The van der Waals surface area contributed by atoms with Crippen LogP contribution in [0.1, 0.15) is 50.5 Å². The van der Waals surface area contributed by atoms with Crippen LogP contribution in [-0.2, 0) is 9.59 Å². The molecule has 0 heterocycles. The number of nitrogens with one attached hydrogen (secondary N) is 1. The van der Waals surface area contributed by atoms with Crippen molar-refractivity contribution < 1.29 is 24.2 Å². The van der Waals surface area contributed by atoms with Crippen LogP contribution in [0.3, 0.4) is 0 Å². The lowest BCUT2D eigenvalue weighted by Crippen LogP contribution is -2.28. The summed E-state index contributed by atoms with van der Waals surface area (Å²) in [7, 11) is 3.15. The average molecular weight is 337 g/mol. The summed E-state index contributed by atoms with van der Waals surface area (Å²) in [4.78, 5) is 22.5. The van der Waals surface area contributed by atoms with Gasteiger partial charge in [0.2, 0.25) is 5.91 Å². The third kappa shape index (κ3) is 6.48. The third-order valence-electron chi connectivity index (χ3n) is 3.84. The molecular formula is C18H27NO5. The molecule has 2 N–H and O–H groups in total. The van der Waals surface area contributed by atoms with Gasteiger partial charge >= 0.3 is 5.97 Å². The molecule has 1 aromatic rings. The number of aliphatic carboxylic acids is 1. The zero-order chi connectivity index (χ0) is 17.9. The minimum atomic E-state index is -0.809. The lowest BCUT2D eigenvalue weighted by atomic mass is 9.93. The summed E-state index contributed by atoms with van der Waals surface area (Å²) in [6.45, 7) is 2.44. The molecule has 24 heavy (non-hydrogen) atoms. The van der Waals surface area contributed by atoms with Gasteiger partial charge in [0.25, 0.3) is 0 Å². The second kappa shape index (κ2) is 10.5. The van der Waals surface area contributed by atoms with Gasteiger partial charge in [0.05, 0.1) is 14.2 Å². The summed E-state index contributed by atoms with van der Waals surface area (Å²) in [6, 6.07) is 5.64. The van der Waals surface area contributed by atoms with E-state index in [0.717, 1.165) is 12.0 Å². The first-order chi connectivity index (χ1) is 11.5. The molecule has 0 aromatic heterocycles. The maximum Gasteiger partial charge on any atom is 0.303 e. The molecule has 1 amide bonds. The van der Waals surface area contributed by atoms with E-state index in [9.17, 15) is 9.59 Å². The van der Waals surface area contributed by atoms with Crippen LogP contribution in [0, 0.1) is 0 Å². The van der Waals surface area contributed by atoms with E-state index in [-0.39, 0.29) is 18.2 Å². The minimum Gasteiger partial charge on any atom is -0.493 e. The number of ether oxygens (including phenoxy) is 2. The molecule has 0 radical (unpaired) electrons. The number of benzene rings is 1. The summed E-state index contributed by atoms with van der Waals surface area (Å²) in [5.41, 5.74) is 0.995. The predicted molar refractivity (Wildman–Crippen MR) is 91.7 cm³/mol. The zero-order valence-electron chi connectivity index (χ0n) is 14.6. The smallest absolute Gasteiger partial charge is 0.303 e. The third-order valence-corrected chi connectivity index (χ3v) is 3.84. The first kappa shape index (κ1) is 19.8. The largest absolute Gasteiger partial charge is 0.493 e. The average Bonchev–Trinajstić information content (AvgIpc) is 2.57. The van der Waals surface area contributed by atoms with E-state index in [2.05, 4.69) is 5.32 Å². The van der Waals surface area contributed by atoms with Crippen LogP contribution in [0.25, 0.3) is 0 Å². The van der Waals surface area contributed by atoms with Gasteiger partial charge in [-0.1, -0.05) is 13.0 Å². The fourth-order valence-electron chi connectivity index (χ4n) is 2.55. The summed E-state index contributed by atoms with van der Waals surface area (Å²) < 4.78 is 10.6. The van der Waals surface area contributed by atoms with E-state index in [4.69, 9.17) is 14.6 Å². The molecule has 0 saturated carbocycles. The second-order valence-electron chi connectivity index (χ2n) is 5.65. The Bertz CT molecular complexity index is 544. The van der Waals surface area contributed by atoms with Crippen molar-refractivity contribution in [2.75, 3.05) is 20.8 Å². The van der Waals surface area contributed by atoms with E-state index in [1.807, 2.05) is 25.1 Å². The van der Waals surface area contributed by atoms with Crippen LogP contribution in [-0.4, -0.2) is 37.7 Å². The molecule has 6 heteroatoms. The predicted octanol–water partition coefficient (Wildman–Crippen LogP) is 2.96. The van der Waals surface area contributed by atoms with Crippen molar-refractivity contribution in [3.63, 3.8) is 0 Å².